The Morgan fingerprint density at radius 2 is 2.20 bits per heavy atom. The molecule has 0 saturated heterocycles. The summed E-state index contributed by atoms with van der Waals surface area (Å²) in [6.07, 6.45) is 1.71. The molecule has 2 rings (SSSR count). The minimum absolute atomic E-state index is 0.0661. The van der Waals surface area contributed by atoms with Gasteiger partial charge in [0.25, 0.3) is 0 Å². The molecule has 0 atom stereocenters. The quantitative estimate of drug-likeness (QED) is 0.780. The standard InChI is InChI=1S/C10H7BrClNOS/c11-9-2-1-8(15-9)6-13-4-3-7(14)5-10(13)12/h1-5H,6H2. The Balaban J connectivity index is 2.28. The van der Waals surface area contributed by atoms with Crippen LogP contribution >= 0.6 is 38.9 Å². The third kappa shape index (κ3) is 2.71. The molecular formula is C10H7BrClNOS. The Labute approximate surface area is 104 Å². The molecule has 0 aliphatic rings. The highest BCUT2D eigenvalue weighted by molar-refractivity contribution is 9.11. The van der Waals surface area contributed by atoms with Gasteiger partial charge in [0.2, 0.25) is 0 Å². The molecule has 2 aromatic rings. The fourth-order valence-electron chi connectivity index (χ4n) is 1.22. The number of nitrogens with zero attached hydrogens (tertiary/aromatic N) is 1. The lowest BCUT2D eigenvalue weighted by Gasteiger charge is -2.06. The lowest BCUT2D eigenvalue weighted by molar-refractivity contribution is 0.802. The Morgan fingerprint density at radius 1 is 1.40 bits per heavy atom. The van der Waals surface area contributed by atoms with Crippen molar-refractivity contribution in [1.82, 2.24) is 4.57 Å². The molecule has 5 heteroatoms. The van der Waals surface area contributed by atoms with E-state index in [1.165, 1.54) is 17.0 Å². The van der Waals surface area contributed by atoms with E-state index in [1.807, 2.05) is 16.7 Å². The van der Waals surface area contributed by atoms with E-state index in [4.69, 9.17) is 11.6 Å². The monoisotopic (exact) mass is 303 g/mol. The molecule has 2 heterocycles. The molecule has 2 nitrogen and oxygen atoms in total. The third-order valence-electron chi connectivity index (χ3n) is 1.91. The van der Waals surface area contributed by atoms with E-state index in [-0.39, 0.29) is 5.43 Å². The van der Waals surface area contributed by atoms with E-state index in [9.17, 15) is 4.79 Å². The van der Waals surface area contributed by atoms with Gasteiger partial charge in [-0.1, -0.05) is 11.6 Å². The van der Waals surface area contributed by atoms with Crippen LogP contribution in [0.5, 0.6) is 0 Å². The molecule has 0 aromatic carbocycles. The molecule has 0 aliphatic carbocycles. The van der Waals surface area contributed by atoms with E-state index >= 15 is 0 Å². The van der Waals surface area contributed by atoms with Crippen LogP contribution in [-0.4, -0.2) is 4.57 Å². The molecule has 78 valence electrons. The van der Waals surface area contributed by atoms with Crippen LogP contribution in [0.15, 0.2) is 39.0 Å². The van der Waals surface area contributed by atoms with Crippen molar-refractivity contribution in [1.29, 1.82) is 0 Å². The number of thiophene rings is 1. The van der Waals surface area contributed by atoms with E-state index in [2.05, 4.69) is 15.9 Å². The Kier molecular flexibility index (Phi) is 3.29. The van der Waals surface area contributed by atoms with E-state index < -0.39 is 0 Å². The van der Waals surface area contributed by atoms with Gasteiger partial charge in [-0.25, -0.2) is 0 Å². The third-order valence-corrected chi connectivity index (χ3v) is 3.84. The van der Waals surface area contributed by atoms with Gasteiger partial charge in [0.15, 0.2) is 5.43 Å². The van der Waals surface area contributed by atoms with Crippen LogP contribution in [0.25, 0.3) is 0 Å². The highest BCUT2D eigenvalue weighted by Crippen LogP contribution is 2.23. The summed E-state index contributed by atoms with van der Waals surface area (Å²) in [5.74, 6) is 0. The number of aromatic nitrogens is 1. The van der Waals surface area contributed by atoms with Gasteiger partial charge in [-0.05, 0) is 28.1 Å². The zero-order chi connectivity index (χ0) is 10.8. The molecule has 0 N–H and O–H groups in total. The predicted octanol–water partition coefficient (Wildman–Crippen LogP) is 3.37. The number of hydrogen-bond acceptors (Lipinski definition) is 2. The van der Waals surface area contributed by atoms with Crippen molar-refractivity contribution in [2.24, 2.45) is 0 Å². The van der Waals surface area contributed by atoms with Gasteiger partial charge in [0.05, 0.1) is 10.3 Å². The Bertz CT molecular complexity index is 534. The van der Waals surface area contributed by atoms with Gasteiger partial charge in [-0.3, -0.25) is 4.79 Å². The first-order valence-corrected chi connectivity index (χ1v) is 6.24. The van der Waals surface area contributed by atoms with Gasteiger partial charge in [-0.2, -0.15) is 0 Å². The molecule has 15 heavy (non-hydrogen) atoms. The van der Waals surface area contributed by atoms with E-state index in [1.54, 1.807) is 17.5 Å². The zero-order valence-electron chi connectivity index (χ0n) is 7.61. The molecule has 0 fully saturated rings. The highest BCUT2D eigenvalue weighted by atomic mass is 79.9. The van der Waals surface area contributed by atoms with Crippen LogP contribution in [0.1, 0.15) is 4.88 Å². The molecule has 0 bridgehead atoms. The van der Waals surface area contributed by atoms with Crippen LogP contribution in [-0.2, 0) is 6.54 Å². The number of pyridine rings is 1. The van der Waals surface area contributed by atoms with Crippen molar-refractivity contribution >= 4 is 38.9 Å². The Hall–Kier alpha value is -0.580. The van der Waals surface area contributed by atoms with Gasteiger partial charge in [0.1, 0.15) is 5.15 Å². The molecule has 0 spiro atoms. The molecule has 0 aliphatic heterocycles. The summed E-state index contributed by atoms with van der Waals surface area (Å²) in [7, 11) is 0. The van der Waals surface area contributed by atoms with E-state index in [0.717, 1.165) is 3.79 Å². The summed E-state index contributed by atoms with van der Waals surface area (Å²) in [5, 5.41) is 0.465. The van der Waals surface area contributed by atoms with Gasteiger partial charge < -0.3 is 4.57 Å². The fraction of sp³-hybridized carbons (Fsp3) is 0.100. The topological polar surface area (TPSA) is 22.0 Å². The van der Waals surface area contributed by atoms with Crippen LogP contribution in [0.3, 0.4) is 0 Å². The molecular weight excluding hydrogens is 298 g/mol. The second-order valence-electron chi connectivity index (χ2n) is 3.02. The largest absolute Gasteiger partial charge is 0.333 e. The summed E-state index contributed by atoms with van der Waals surface area (Å²) in [4.78, 5) is 12.2. The van der Waals surface area contributed by atoms with Gasteiger partial charge >= 0.3 is 0 Å². The van der Waals surface area contributed by atoms with Crippen LogP contribution in [0.4, 0.5) is 0 Å². The number of rotatable bonds is 2. The fourth-order valence-corrected chi connectivity index (χ4v) is 2.92. The first-order valence-electron chi connectivity index (χ1n) is 4.25. The highest BCUT2D eigenvalue weighted by Gasteiger charge is 2.01. The second kappa shape index (κ2) is 4.51. The maximum absolute atomic E-state index is 11.0. The van der Waals surface area contributed by atoms with Crippen LogP contribution < -0.4 is 5.43 Å². The maximum Gasteiger partial charge on any atom is 0.183 e. The van der Waals surface area contributed by atoms with Crippen LogP contribution in [0, 0.1) is 0 Å². The molecule has 0 amide bonds. The summed E-state index contributed by atoms with van der Waals surface area (Å²) in [5.41, 5.74) is -0.0661. The van der Waals surface area contributed by atoms with Crippen molar-refractivity contribution in [3.8, 4) is 0 Å². The Morgan fingerprint density at radius 3 is 2.80 bits per heavy atom. The lowest BCUT2D eigenvalue weighted by atomic mass is 10.4. The van der Waals surface area contributed by atoms with Crippen molar-refractivity contribution in [3.05, 3.63) is 54.5 Å². The van der Waals surface area contributed by atoms with Crippen molar-refractivity contribution in [3.63, 3.8) is 0 Å². The SMILES string of the molecule is O=c1ccn(Cc2ccc(Br)s2)c(Cl)c1. The average Bonchev–Trinajstić information content (AvgIpc) is 2.56. The summed E-state index contributed by atoms with van der Waals surface area (Å²) in [6.45, 7) is 0.690. The predicted molar refractivity (Wildman–Crippen MR) is 66.8 cm³/mol. The van der Waals surface area contributed by atoms with E-state index in [0.29, 0.717) is 11.7 Å². The summed E-state index contributed by atoms with van der Waals surface area (Å²) >= 11 is 11.0. The molecule has 0 unspecified atom stereocenters. The minimum atomic E-state index is -0.0661. The first kappa shape index (κ1) is 10.9. The zero-order valence-corrected chi connectivity index (χ0v) is 10.8. The summed E-state index contributed by atoms with van der Waals surface area (Å²) in [6, 6.07) is 6.96. The van der Waals surface area contributed by atoms with Crippen molar-refractivity contribution < 1.29 is 0 Å². The number of halogens is 2. The van der Waals surface area contributed by atoms with Gasteiger partial charge in [-0.15, -0.1) is 11.3 Å². The average molecular weight is 305 g/mol. The smallest absolute Gasteiger partial charge is 0.183 e. The van der Waals surface area contributed by atoms with Crippen LogP contribution in [0.2, 0.25) is 5.15 Å². The lowest BCUT2D eigenvalue weighted by Crippen LogP contribution is -2.06. The second-order valence-corrected chi connectivity index (χ2v) is 5.95. The minimum Gasteiger partial charge on any atom is -0.333 e. The maximum atomic E-state index is 11.0. The van der Waals surface area contributed by atoms with Crippen molar-refractivity contribution in [2.45, 2.75) is 6.54 Å². The van der Waals surface area contributed by atoms with Gasteiger partial charge in [0, 0.05) is 23.2 Å². The molecule has 0 saturated carbocycles. The first-order chi connectivity index (χ1) is 7.15. The number of hydrogen-bond donors (Lipinski definition) is 0. The normalized spacial score (nSPS) is 10.5. The molecule has 0 radical (unpaired) electrons. The summed E-state index contributed by atoms with van der Waals surface area (Å²) < 4.78 is 2.93. The van der Waals surface area contributed by atoms with Crippen molar-refractivity contribution in [2.75, 3.05) is 0 Å². The molecule has 2 aromatic heterocycles.